The van der Waals surface area contributed by atoms with E-state index in [9.17, 15) is 4.79 Å². The Morgan fingerprint density at radius 2 is 1.61 bits per heavy atom. The minimum atomic E-state index is 0.202. The number of amides is 1. The third-order valence-electron chi connectivity index (χ3n) is 4.66. The van der Waals surface area contributed by atoms with E-state index in [1.165, 1.54) is 42.4 Å². The van der Waals surface area contributed by atoms with Gasteiger partial charge in [0.25, 0.3) is 5.91 Å². The van der Waals surface area contributed by atoms with Gasteiger partial charge in [-0.05, 0) is 29.2 Å². The molecule has 0 unspecified atom stereocenters. The fourth-order valence-electron chi connectivity index (χ4n) is 3.37. The van der Waals surface area contributed by atoms with Gasteiger partial charge in [-0.2, -0.15) is 0 Å². The van der Waals surface area contributed by atoms with Gasteiger partial charge in [0, 0.05) is 18.7 Å². The Hall–Kier alpha value is -2.09. The monoisotopic (exact) mass is 307 g/mol. The molecule has 0 saturated heterocycles. The van der Waals surface area contributed by atoms with E-state index in [4.69, 9.17) is 0 Å². The summed E-state index contributed by atoms with van der Waals surface area (Å²) in [6.07, 6.45) is 6.17. The molecule has 0 bridgehead atoms. The molecule has 3 rings (SSSR count). The topological polar surface area (TPSA) is 20.3 Å². The first kappa shape index (κ1) is 15.8. The highest BCUT2D eigenvalue weighted by atomic mass is 16.2. The molecule has 0 atom stereocenters. The molecule has 0 aliphatic carbocycles. The molecule has 0 N–H and O–H groups in total. The lowest BCUT2D eigenvalue weighted by atomic mass is 9.97. The number of hydrogen-bond acceptors (Lipinski definition) is 1. The summed E-state index contributed by atoms with van der Waals surface area (Å²) >= 11 is 0. The highest BCUT2D eigenvalue weighted by molar-refractivity contribution is 6.00. The molecule has 1 amide bonds. The van der Waals surface area contributed by atoms with E-state index >= 15 is 0 Å². The molecule has 2 heteroatoms. The molecule has 1 aliphatic rings. The zero-order chi connectivity index (χ0) is 16.1. The molecular formula is C21H25NO. The average Bonchev–Trinajstić information content (AvgIpc) is 2.92. The van der Waals surface area contributed by atoms with Crippen LogP contribution in [0.4, 0.5) is 0 Å². The van der Waals surface area contributed by atoms with Crippen molar-refractivity contribution in [2.75, 3.05) is 6.54 Å². The predicted molar refractivity (Wildman–Crippen MR) is 95.4 cm³/mol. The predicted octanol–water partition coefficient (Wildman–Crippen LogP) is 5.28. The number of hydrogen-bond donors (Lipinski definition) is 0. The lowest BCUT2D eigenvalue weighted by Crippen LogP contribution is -2.24. The summed E-state index contributed by atoms with van der Waals surface area (Å²) in [6, 6.07) is 16.5. The lowest BCUT2D eigenvalue weighted by molar-refractivity contribution is 0.0775. The molecule has 0 aromatic heterocycles. The number of fused-ring (bicyclic) bond motifs is 1. The highest BCUT2D eigenvalue weighted by Gasteiger charge is 2.28. The number of unbranched alkanes of at least 4 members (excludes halogenated alkanes) is 4. The van der Waals surface area contributed by atoms with E-state index in [1.807, 2.05) is 23.1 Å². The van der Waals surface area contributed by atoms with Crippen LogP contribution in [0.3, 0.4) is 0 Å². The van der Waals surface area contributed by atoms with Crippen LogP contribution >= 0.6 is 0 Å². The quantitative estimate of drug-likeness (QED) is 0.637. The molecule has 0 spiro atoms. The van der Waals surface area contributed by atoms with Gasteiger partial charge >= 0.3 is 0 Å². The number of rotatable bonds is 7. The second-order valence-corrected chi connectivity index (χ2v) is 6.34. The second-order valence-electron chi connectivity index (χ2n) is 6.34. The molecule has 0 saturated carbocycles. The van der Waals surface area contributed by atoms with Crippen molar-refractivity contribution in [3.63, 3.8) is 0 Å². The van der Waals surface area contributed by atoms with Gasteiger partial charge in [-0.25, -0.2) is 0 Å². The third-order valence-corrected chi connectivity index (χ3v) is 4.66. The minimum Gasteiger partial charge on any atom is -0.334 e. The molecular weight excluding hydrogens is 282 g/mol. The van der Waals surface area contributed by atoms with E-state index in [-0.39, 0.29) is 5.91 Å². The zero-order valence-electron chi connectivity index (χ0n) is 13.9. The molecule has 2 aromatic rings. The fraction of sp³-hybridized carbons (Fsp3) is 0.381. The third kappa shape index (κ3) is 3.47. The van der Waals surface area contributed by atoms with E-state index in [0.29, 0.717) is 0 Å². The summed E-state index contributed by atoms with van der Waals surface area (Å²) < 4.78 is 0. The van der Waals surface area contributed by atoms with Crippen molar-refractivity contribution in [3.8, 4) is 11.1 Å². The van der Waals surface area contributed by atoms with Crippen LogP contribution in [-0.4, -0.2) is 17.4 Å². The Balaban J connectivity index is 1.72. The Kier molecular flexibility index (Phi) is 5.12. The summed E-state index contributed by atoms with van der Waals surface area (Å²) in [5, 5.41) is 0. The molecule has 2 nitrogen and oxygen atoms in total. The molecule has 23 heavy (non-hydrogen) atoms. The summed E-state index contributed by atoms with van der Waals surface area (Å²) in [6.45, 7) is 3.87. The van der Waals surface area contributed by atoms with E-state index in [1.54, 1.807) is 0 Å². The SMILES string of the molecule is CCCCCCCN1Cc2c(cccc2-c2ccccc2)C1=O. The maximum absolute atomic E-state index is 12.6. The summed E-state index contributed by atoms with van der Waals surface area (Å²) in [5.41, 5.74) is 4.48. The summed E-state index contributed by atoms with van der Waals surface area (Å²) in [5.74, 6) is 0.202. The van der Waals surface area contributed by atoms with Crippen LogP contribution in [0.15, 0.2) is 48.5 Å². The molecule has 0 fully saturated rings. The van der Waals surface area contributed by atoms with Gasteiger partial charge in [0.05, 0.1) is 0 Å². The molecule has 0 radical (unpaired) electrons. The first-order chi connectivity index (χ1) is 11.3. The Bertz CT molecular complexity index is 663. The minimum absolute atomic E-state index is 0.202. The fourth-order valence-corrected chi connectivity index (χ4v) is 3.37. The highest BCUT2D eigenvalue weighted by Crippen LogP contribution is 2.32. The van der Waals surface area contributed by atoms with Crippen LogP contribution in [0, 0.1) is 0 Å². The van der Waals surface area contributed by atoms with Crippen LogP contribution in [0.25, 0.3) is 11.1 Å². The van der Waals surface area contributed by atoms with Gasteiger partial charge in [0.2, 0.25) is 0 Å². The second kappa shape index (κ2) is 7.45. The first-order valence-electron chi connectivity index (χ1n) is 8.78. The first-order valence-corrected chi connectivity index (χ1v) is 8.78. The molecule has 1 heterocycles. The normalized spacial score (nSPS) is 13.4. The Morgan fingerprint density at radius 1 is 0.870 bits per heavy atom. The number of benzene rings is 2. The van der Waals surface area contributed by atoms with E-state index in [2.05, 4.69) is 37.3 Å². The van der Waals surface area contributed by atoms with Gasteiger partial charge in [-0.3, -0.25) is 4.79 Å². The van der Waals surface area contributed by atoms with Crippen molar-refractivity contribution < 1.29 is 4.79 Å². The number of carbonyl (C=O) groups excluding carboxylic acids is 1. The maximum atomic E-state index is 12.6. The molecule has 120 valence electrons. The van der Waals surface area contributed by atoms with Crippen molar-refractivity contribution in [1.82, 2.24) is 4.90 Å². The van der Waals surface area contributed by atoms with Gasteiger partial charge in [0.15, 0.2) is 0 Å². The van der Waals surface area contributed by atoms with Crippen molar-refractivity contribution in [2.45, 2.75) is 45.6 Å². The Morgan fingerprint density at radius 3 is 2.39 bits per heavy atom. The Labute approximate surface area is 139 Å². The lowest BCUT2D eigenvalue weighted by Gasteiger charge is -2.15. The van der Waals surface area contributed by atoms with Crippen LogP contribution in [-0.2, 0) is 6.54 Å². The largest absolute Gasteiger partial charge is 0.334 e. The van der Waals surface area contributed by atoms with Crippen molar-refractivity contribution >= 4 is 5.91 Å². The molecule has 2 aromatic carbocycles. The van der Waals surface area contributed by atoms with Gasteiger partial charge in [-0.15, -0.1) is 0 Å². The standard InChI is InChI=1S/C21H25NO/c1-2-3-4-5-9-15-22-16-20-18(17-11-7-6-8-12-17)13-10-14-19(20)21(22)23/h6-8,10-14H,2-5,9,15-16H2,1H3. The van der Waals surface area contributed by atoms with Crippen molar-refractivity contribution in [2.24, 2.45) is 0 Å². The number of nitrogens with zero attached hydrogens (tertiary/aromatic N) is 1. The maximum Gasteiger partial charge on any atom is 0.254 e. The average molecular weight is 307 g/mol. The smallest absolute Gasteiger partial charge is 0.254 e. The summed E-state index contributed by atoms with van der Waals surface area (Å²) in [7, 11) is 0. The number of carbonyl (C=O) groups is 1. The molecule has 1 aliphatic heterocycles. The van der Waals surface area contributed by atoms with Gasteiger partial charge in [0.1, 0.15) is 0 Å². The zero-order valence-corrected chi connectivity index (χ0v) is 13.9. The van der Waals surface area contributed by atoms with Crippen LogP contribution < -0.4 is 0 Å². The van der Waals surface area contributed by atoms with Gasteiger partial charge < -0.3 is 4.90 Å². The van der Waals surface area contributed by atoms with E-state index in [0.717, 1.165) is 25.1 Å². The van der Waals surface area contributed by atoms with Gasteiger partial charge in [-0.1, -0.05) is 75.1 Å². The van der Waals surface area contributed by atoms with Crippen LogP contribution in [0.1, 0.15) is 54.9 Å². The van der Waals surface area contributed by atoms with Crippen molar-refractivity contribution in [3.05, 3.63) is 59.7 Å². The van der Waals surface area contributed by atoms with Crippen molar-refractivity contribution in [1.29, 1.82) is 0 Å². The summed E-state index contributed by atoms with van der Waals surface area (Å²) in [4.78, 5) is 14.6. The van der Waals surface area contributed by atoms with Crippen LogP contribution in [0.2, 0.25) is 0 Å². The van der Waals surface area contributed by atoms with E-state index < -0.39 is 0 Å². The van der Waals surface area contributed by atoms with Crippen LogP contribution in [0.5, 0.6) is 0 Å².